The molecule has 1 aromatic carbocycles. The first-order valence-electron chi connectivity index (χ1n) is 5.32. The highest BCUT2D eigenvalue weighted by Crippen LogP contribution is 2.32. The van der Waals surface area contributed by atoms with E-state index in [1.165, 1.54) is 0 Å². The first-order valence-corrected chi connectivity index (χ1v) is 7.23. The average molecular weight is 295 g/mol. The molecule has 0 heterocycles. The lowest BCUT2D eigenvalue weighted by Gasteiger charge is -2.11. The number of nitrogen functional groups attached to an aromatic ring is 1. The Kier molecular flexibility index (Phi) is 6.89. The Morgan fingerprint density at radius 1 is 1.24 bits per heavy atom. The fraction of sp³-hybridized carbons (Fsp3) is 0.455. The topological polar surface area (TPSA) is 58.3 Å². The number of rotatable bonds is 7. The van der Waals surface area contributed by atoms with Crippen molar-refractivity contribution in [3.8, 4) is 0 Å². The van der Waals surface area contributed by atoms with Gasteiger partial charge in [-0.1, -0.05) is 23.2 Å². The molecule has 96 valence electrons. The summed E-state index contributed by atoms with van der Waals surface area (Å²) in [7, 11) is 0. The lowest BCUT2D eigenvalue weighted by molar-refractivity contribution is 0.296. The normalized spacial score (nSPS) is 10.5. The molecule has 0 amide bonds. The summed E-state index contributed by atoms with van der Waals surface area (Å²) in [5.74, 6) is 1.90. The van der Waals surface area contributed by atoms with Crippen molar-refractivity contribution in [2.75, 3.05) is 35.7 Å². The summed E-state index contributed by atoms with van der Waals surface area (Å²) in [5, 5.41) is 12.9. The van der Waals surface area contributed by atoms with Crippen molar-refractivity contribution in [3.63, 3.8) is 0 Å². The number of nitrogens with two attached hydrogens (primary N) is 1. The standard InChI is InChI=1S/C11H16Cl2N2OS/c12-9-6-8(14)7-10(13)11(9)15-2-5-17-4-1-3-16/h6-7,15-16H,1-5,14H2. The molecule has 0 aliphatic carbocycles. The van der Waals surface area contributed by atoms with Gasteiger partial charge in [0.15, 0.2) is 0 Å². The largest absolute Gasteiger partial charge is 0.399 e. The Hall–Kier alpha value is -0.290. The van der Waals surface area contributed by atoms with Crippen LogP contribution >= 0.6 is 35.0 Å². The predicted molar refractivity (Wildman–Crippen MR) is 78.4 cm³/mol. The first kappa shape index (κ1) is 14.8. The van der Waals surface area contributed by atoms with Gasteiger partial charge in [0, 0.05) is 24.6 Å². The molecule has 0 aromatic heterocycles. The van der Waals surface area contributed by atoms with Gasteiger partial charge in [-0.25, -0.2) is 0 Å². The molecule has 0 aliphatic rings. The smallest absolute Gasteiger partial charge is 0.0720 e. The molecule has 3 nitrogen and oxygen atoms in total. The van der Waals surface area contributed by atoms with Crippen molar-refractivity contribution in [2.45, 2.75) is 6.42 Å². The molecule has 0 saturated heterocycles. The third-order valence-corrected chi connectivity index (χ3v) is 3.73. The number of nitrogens with one attached hydrogen (secondary N) is 1. The second-order valence-electron chi connectivity index (χ2n) is 3.48. The van der Waals surface area contributed by atoms with Gasteiger partial charge in [-0.05, 0) is 24.3 Å². The van der Waals surface area contributed by atoms with E-state index < -0.39 is 0 Å². The quantitative estimate of drug-likeness (QED) is 0.534. The number of hydrogen-bond acceptors (Lipinski definition) is 4. The van der Waals surface area contributed by atoms with Crippen LogP contribution in [-0.2, 0) is 0 Å². The summed E-state index contributed by atoms with van der Waals surface area (Å²) in [6.07, 6.45) is 0.827. The van der Waals surface area contributed by atoms with Crippen molar-refractivity contribution < 1.29 is 5.11 Å². The van der Waals surface area contributed by atoms with Crippen LogP contribution in [0, 0.1) is 0 Å². The van der Waals surface area contributed by atoms with E-state index in [0.717, 1.165) is 30.2 Å². The van der Waals surface area contributed by atoms with Gasteiger partial charge in [0.1, 0.15) is 0 Å². The van der Waals surface area contributed by atoms with E-state index in [9.17, 15) is 0 Å². The molecule has 1 rings (SSSR count). The summed E-state index contributed by atoms with van der Waals surface area (Å²) in [4.78, 5) is 0. The Morgan fingerprint density at radius 2 is 1.88 bits per heavy atom. The molecule has 0 radical (unpaired) electrons. The number of aliphatic hydroxyl groups excluding tert-OH is 1. The Bertz CT molecular complexity index is 340. The maximum atomic E-state index is 8.62. The van der Waals surface area contributed by atoms with Crippen LogP contribution in [0.15, 0.2) is 12.1 Å². The molecule has 1 aromatic rings. The molecule has 0 bridgehead atoms. The number of thioether (sulfide) groups is 1. The van der Waals surface area contributed by atoms with Crippen LogP contribution in [0.3, 0.4) is 0 Å². The fourth-order valence-electron chi connectivity index (χ4n) is 1.28. The minimum atomic E-state index is 0.246. The number of halogens is 2. The Balaban J connectivity index is 2.36. The van der Waals surface area contributed by atoms with E-state index >= 15 is 0 Å². The monoisotopic (exact) mass is 294 g/mol. The zero-order valence-electron chi connectivity index (χ0n) is 9.38. The second kappa shape index (κ2) is 7.93. The minimum Gasteiger partial charge on any atom is -0.399 e. The van der Waals surface area contributed by atoms with Crippen molar-refractivity contribution in [2.24, 2.45) is 0 Å². The van der Waals surface area contributed by atoms with Crippen LogP contribution < -0.4 is 11.1 Å². The first-order chi connectivity index (χ1) is 8.15. The van der Waals surface area contributed by atoms with Gasteiger partial charge in [0.2, 0.25) is 0 Å². The molecule has 0 aliphatic heterocycles. The second-order valence-corrected chi connectivity index (χ2v) is 5.52. The minimum absolute atomic E-state index is 0.246. The van der Waals surface area contributed by atoms with E-state index in [2.05, 4.69) is 5.32 Å². The third kappa shape index (κ3) is 5.25. The summed E-state index contributed by atoms with van der Waals surface area (Å²) in [5.41, 5.74) is 6.90. The van der Waals surface area contributed by atoms with Crippen LogP contribution in [0.25, 0.3) is 0 Å². The van der Waals surface area contributed by atoms with Crippen molar-refractivity contribution in [1.29, 1.82) is 0 Å². The van der Waals surface area contributed by atoms with Crippen molar-refractivity contribution >= 4 is 46.3 Å². The van der Waals surface area contributed by atoms with Gasteiger partial charge in [0.25, 0.3) is 0 Å². The van der Waals surface area contributed by atoms with Gasteiger partial charge in [-0.2, -0.15) is 11.8 Å². The van der Waals surface area contributed by atoms with E-state index in [-0.39, 0.29) is 6.61 Å². The number of hydrogen-bond donors (Lipinski definition) is 3. The molecule has 6 heteroatoms. The Morgan fingerprint density at radius 3 is 2.47 bits per heavy atom. The lowest BCUT2D eigenvalue weighted by Crippen LogP contribution is -2.06. The van der Waals surface area contributed by atoms with Crippen LogP contribution in [-0.4, -0.2) is 29.8 Å². The molecule has 0 spiro atoms. The van der Waals surface area contributed by atoms with E-state index in [1.54, 1.807) is 23.9 Å². The number of anilines is 2. The van der Waals surface area contributed by atoms with Crippen LogP contribution in [0.4, 0.5) is 11.4 Å². The highest BCUT2D eigenvalue weighted by atomic mass is 35.5. The van der Waals surface area contributed by atoms with E-state index in [1.807, 2.05) is 0 Å². The summed E-state index contributed by atoms with van der Waals surface area (Å²) in [6.45, 7) is 1.02. The number of benzene rings is 1. The van der Waals surface area contributed by atoms with Gasteiger partial charge < -0.3 is 16.2 Å². The average Bonchev–Trinajstić information content (AvgIpc) is 2.26. The molecule has 0 saturated carbocycles. The van der Waals surface area contributed by atoms with E-state index in [4.69, 9.17) is 34.0 Å². The van der Waals surface area contributed by atoms with Crippen LogP contribution in [0.1, 0.15) is 6.42 Å². The third-order valence-electron chi connectivity index (χ3n) is 2.06. The zero-order chi connectivity index (χ0) is 12.7. The van der Waals surface area contributed by atoms with Gasteiger partial charge in [0.05, 0.1) is 15.7 Å². The van der Waals surface area contributed by atoms with Crippen LogP contribution in [0.5, 0.6) is 0 Å². The molecular formula is C11H16Cl2N2OS. The molecule has 0 fully saturated rings. The zero-order valence-corrected chi connectivity index (χ0v) is 11.7. The highest BCUT2D eigenvalue weighted by molar-refractivity contribution is 7.99. The van der Waals surface area contributed by atoms with Crippen molar-refractivity contribution in [1.82, 2.24) is 0 Å². The Labute approximate surface area is 116 Å². The fourth-order valence-corrected chi connectivity index (χ4v) is 2.70. The lowest BCUT2D eigenvalue weighted by atomic mass is 10.3. The SMILES string of the molecule is Nc1cc(Cl)c(NCCSCCCO)c(Cl)c1. The summed E-state index contributed by atoms with van der Waals surface area (Å²) >= 11 is 13.8. The van der Waals surface area contributed by atoms with E-state index in [0.29, 0.717) is 15.7 Å². The maximum Gasteiger partial charge on any atom is 0.0720 e. The molecule has 0 unspecified atom stereocenters. The maximum absolute atomic E-state index is 8.62. The molecule has 17 heavy (non-hydrogen) atoms. The van der Waals surface area contributed by atoms with Gasteiger partial charge in [-0.15, -0.1) is 0 Å². The molecular weight excluding hydrogens is 279 g/mol. The predicted octanol–water partition coefficient (Wildman–Crippen LogP) is 3.10. The van der Waals surface area contributed by atoms with Gasteiger partial charge >= 0.3 is 0 Å². The molecule has 0 atom stereocenters. The molecule has 4 N–H and O–H groups in total. The summed E-state index contributed by atoms with van der Waals surface area (Å²) < 4.78 is 0. The van der Waals surface area contributed by atoms with Crippen molar-refractivity contribution in [3.05, 3.63) is 22.2 Å². The highest BCUT2D eigenvalue weighted by Gasteiger charge is 2.06. The van der Waals surface area contributed by atoms with Gasteiger partial charge in [-0.3, -0.25) is 0 Å². The summed E-state index contributed by atoms with van der Waals surface area (Å²) in [6, 6.07) is 3.35. The number of aliphatic hydroxyl groups is 1. The van der Waals surface area contributed by atoms with Crippen LogP contribution in [0.2, 0.25) is 10.0 Å².